The summed E-state index contributed by atoms with van der Waals surface area (Å²) in [5, 5.41) is 20.0. The van der Waals surface area contributed by atoms with E-state index in [2.05, 4.69) is 10.1 Å². The van der Waals surface area contributed by atoms with E-state index in [1.54, 1.807) is 7.05 Å². The average molecular weight is 238 g/mol. The summed E-state index contributed by atoms with van der Waals surface area (Å²) in [5.41, 5.74) is 6.02. The molecule has 7 nitrogen and oxygen atoms in total. The first-order valence-corrected chi connectivity index (χ1v) is 4.90. The second kappa shape index (κ2) is 5.80. The van der Waals surface area contributed by atoms with Crippen molar-refractivity contribution in [2.75, 3.05) is 20.2 Å². The molecule has 0 radical (unpaired) electrons. The van der Waals surface area contributed by atoms with Gasteiger partial charge in [-0.3, -0.25) is 9.78 Å². The van der Waals surface area contributed by atoms with Crippen molar-refractivity contribution in [3.63, 3.8) is 0 Å². The fourth-order valence-corrected chi connectivity index (χ4v) is 1.18. The van der Waals surface area contributed by atoms with Crippen molar-refractivity contribution in [1.82, 2.24) is 9.88 Å². The lowest BCUT2D eigenvalue weighted by Crippen LogP contribution is -2.30. The van der Waals surface area contributed by atoms with E-state index in [1.165, 1.54) is 23.2 Å². The third-order valence-electron chi connectivity index (χ3n) is 2.17. The van der Waals surface area contributed by atoms with Gasteiger partial charge in [0, 0.05) is 25.4 Å². The third kappa shape index (κ3) is 3.15. The van der Waals surface area contributed by atoms with E-state index in [0.29, 0.717) is 5.56 Å². The zero-order valence-electron chi connectivity index (χ0n) is 9.37. The molecule has 1 aromatic heterocycles. The van der Waals surface area contributed by atoms with Crippen LogP contribution in [0.3, 0.4) is 0 Å². The van der Waals surface area contributed by atoms with Crippen LogP contribution in [-0.2, 0) is 0 Å². The van der Waals surface area contributed by atoms with Gasteiger partial charge in [-0.15, -0.1) is 0 Å². The van der Waals surface area contributed by atoms with Crippen LogP contribution in [0.5, 0.6) is 0 Å². The van der Waals surface area contributed by atoms with Crippen molar-refractivity contribution in [2.24, 2.45) is 10.9 Å². The van der Waals surface area contributed by atoms with Gasteiger partial charge < -0.3 is 20.9 Å². The predicted octanol–water partition coefficient (Wildman–Crippen LogP) is -0.760. The normalized spacial score (nSPS) is 11.3. The van der Waals surface area contributed by atoms with E-state index in [0.717, 1.165) is 0 Å². The Kier molecular flexibility index (Phi) is 4.41. The van der Waals surface area contributed by atoms with Crippen LogP contribution in [0.2, 0.25) is 0 Å². The van der Waals surface area contributed by atoms with E-state index in [9.17, 15) is 4.79 Å². The molecule has 0 unspecified atom stereocenters. The minimum atomic E-state index is -0.301. The first-order chi connectivity index (χ1) is 8.10. The number of carbonyl (C=O) groups is 1. The van der Waals surface area contributed by atoms with E-state index in [1.807, 2.05) is 0 Å². The zero-order valence-corrected chi connectivity index (χ0v) is 9.37. The molecule has 0 aliphatic rings. The van der Waals surface area contributed by atoms with Gasteiger partial charge in [-0.25, -0.2) is 0 Å². The fourth-order valence-electron chi connectivity index (χ4n) is 1.18. The molecule has 0 fully saturated rings. The summed E-state index contributed by atoms with van der Waals surface area (Å²) in [6.07, 6.45) is 1.34. The molecular weight excluding hydrogens is 224 g/mol. The molecule has 1 amide bonds. The molecule has 17 heavy (non-hydrogen) atoms. The van der Waals surface area contributed by atoms with Gasteiger partial charge in [-0.1, -0.05) is 5.16 Å². The third-order valence-corrected chi connectivity index (χ3v) is 2.17. The summed E-state index contributed by atoms with van der Waals surface area (Å²) in [7, 11) is 1.57. The molecule has 1 heterocycles. The number of amidine groups is 1. The van der Waals surface area contributed by atoms with Gasteiger partial charge in [0.2, 0.25) is 0 Å². The Morgan fingerprint density at radius 3 is 2.76 bits per heavy atom. The van der Waals surface area contributed by atoms with Crippen molar-refractivity contribution < 1.29 is 15.1 Å². The quantitative estimate of drug-likeness (QED) is 0.276. The van der Waals surface area contributed by atoms with Gasteiger partial charge in [0.05, 0.1) is 6.61 Å². The van der Waals surface area contributed by atoms with E-state index < -0.39 is 0 Å². The molecule has 7 heteroatoms. The van der Waals surface area contributed by atoms with E-state index in [4.69, 9.17) is 16.0 Å². The molecule has 0 saturated heterocycles. The van der Waals surface area contributed by atoms with Crippen molar-refractivity contribution in [3.8, 4) is 0 Å². The van der Waals surface area contributed by atoms with Crippen LogP contribution in [0.4, 0.5) is 0 Å². The molecule has 0 bridgehead atoms. The largest absolute Gasteiger partial charge is 0.409 e. The summed E-state index contributed by atoms with van der Waals surface area (Å²) in [6.45, 7) is 0.132. The van der Waals surface area contributed by atoms with Crippen LogP contribution in [0.25, 0.3) is 0 Å². The Morgan fingerprint density at radius 2 is 2.29 bits per heavy atom. The van der Waals surface area contributed by atoms with Crippen LogP contribution in [0.15, 0.2) is 23.5 Å². The maximum absolute atomic E-state index is 11.7. The zero-order chi connectivity index (χ0) is 12.8. The molecular formula is C10H14N4O3. The van der Waals surface area contributed by atoms with Gasteiger partial charge in [0.1, 0.15) is 5.69 Å². The lowest BCUT2D eigenvalue weighted by molar-refractivity contribution is 0.0761. The molecule has 1 rings (SSSR count). The topological polar surface area (TPSA) is 112 Å². The van der Waals surface area contributed by atoms with Crippen molar-refractivity contribution in [2.45, 2.75) is 0 Å². The lowest BCUT2D eigenvalue weighted by atomic mass is 10.2. The standard InChI is InChI=1S/C10H14N4O3/c1-14(4-5-15)10(16)8-3-2-7(6-12-8)9(11)13-17/h2-3,6,15,17H,4-5H2,1H3,(H2,11,13). The van der Waals surface area contributed by atoms with Crippen molar-refractivity contribution in [1.29, 1.82) is 0 Å². The molecule has 0 atom stereocenters. The maximum Gasteiger partial charge on any atom is 0.272 e. The Morgan fingerprint density at radius 1 is 1.59 bits per heavy atom. The number of aliphatic hydroxyl groups is 1. The minimum absolute atomic E-state index is 0.0692. The molecule has 92 valence electrons. The monoisotopic (exact) mass is 238 g/mol. The number of hydrogen-bond donors (Lipinski definition) is 3. The summed E-state index contributed by atoms with van der Waals surface area (Å²) in [4.78, 5) is 17.0. The number of pyridine rings is 1. The second-order valence-electron chi connectivity index (χ2n) is 3.37. The number of aliphatic hydroxyl groups excluding tert-OH is 1. The molecule has 0 aliphatic heterocycles. The van der Waals surface area contributed by atoms with Gasteiger partial charge in [0.15, 0.2) is 5.84 Å². The Balaban J connectivity index is 2.84. The van der Waals surface area contributed by atoms with Gasteiger partial charge in [-0.2, -0.15) is 0 Å². The number of nitrogens with two attached hydrogens (primary N) is 1. The second-order valence-corrected chi connectivity index (χ2v) is 3.37. The van der Waals surface area contributed by atoms with Gasteiger partial charge >= 0.3 is 0 Å². The first-order valence-electron chi connectivity index (χ1n) is 4.90. The Bertz CT molecular complexity index is 416. The highest BCUT2D eigenvalue weighted by Gasteiger charge is 2.12. The summed E-state index contributed by atoms with van der Waals surface area (Å²) < 4.78 is 0. The lowest BCUT2D eigenvalue weighted by Gasteiger charge is -2.14. The molecule has 0 spiro atoms. The smallest absolute Gasteiger partial charge is 0.272 e. The number of oxime groups is 1. The summed E-state index contributed by atoms with van der Waals surface area (Å²) in [6, 6.07) is 3.01. The fraction of sp³-hybridized carbons (Fsp3) is 0.300. The number of aromatic nitrogens is 1. The highest BCUT2D eigenvalue weighted by Crippen LogP contribution is 2.03. The average Bonchev–Trinajstić information content (AvgIpc) is 2.37. The number of rotatable bonds is 4. The molecule has 1 aromatic rings. The van der Waals surface area contributed by atoms with Crippen LogP contribution in [0.1, 0.15) is 16.1 Å². The number of nitrogens with zero attached hydrogens (tertiary/aromatic N) is 3. The molecule has 4 N–H and O–H groups in total. The summed E-state index contributed by atoms with van der Waals surface area (Å²) in [5.74, 6) is -0.370. The molecule has 0 saturated carbocycles. The summed E-state index contributed by atoms with van der Waals surface area (Å²) >= 11 is 0. The van der Waals surface area contributed by atoms with Crippen molar-refractivity contribution >= 4 is 11.7 Å². The molecule has 0 aromatic carbocycles. The van der Waals surface area contributed by atoms with Crippen molar-refractivity contribution in [3.05, 3.63) is 29.6 Å². The van der Waals surface area contributed by atoms with Crippen LogP contribution in [-0.4, -0.2) is 52.1 Å². The number of amides is 1. The first kappa shape index (κ1) is 12.9. The molecule has 0 aliphatic carbocycles. The minimum Gasteiger partial charge on any atom is -0.409 e. The van der Waals surface area contributed by atoms with Crippen LogP contribution < -0.4 is 5.73 Å². The Hall–Kier alpha value is -2.15. The van der Waals surface area contributed by atoms with Gasteiger partial charge in [-0.05, 0) is 12.1 Å². The highest BCUT2D eigenvalue weighted by atomic mass is 16.4. The van der Waals surface area contributed by atoms with Crippen LogP contribution in [0, 0.1) is 0 Å². The van der Waals surface area contributed by atoms with Crippen LogP contribution >= 0.6 is 0 Å². The Labute approximate surface area is 98.2 Å². The van der Waals surface area contributed by atoms with E-state index in [-0.39, 0.29) is 30.6 Å². The SMILES string of the molecule is CN(CCO)C(=O)c1ccc(C(N)=NO)cn1. The highest BCUT2D eigenvalue weighted by molar-refractivity contribution is 5.98. The predicted molar refractivity (Wildman–Crippen MR) is 60.8 cm³/mol. The van der Waals surface area contributed by atoms with Gasteiger partial charge in [0.25, 0.3) is 5.91 Å². The number of carbonyl (C=O) groups excluding carboxylic acids is 1. The maximum atomic E-state index is 11.7. The van der Waals surface area contributed by atoms with E-state index >= 15 is 0 Å². The number of hydrogen-bond acceptors (Lipinski definition) is 5. The number of likely N-dealkylation sites (N-methyl/N-ethyl adjacent to an activating group) is 1.